The maximum absolute atomic E-state index is 15.3. The molecule has 0 unspecified atom stereocenters. The molecule has 3 fully saturated rings. The zero-order valence-corrected chi connectivity index (χ0v) is 29.5. The standard InChI is InChI=1S/C40H34IN3O6/c1-22-13-15-25(16-14-22)42-44-37(47)30-21-29-27(17-18-28-33(29)38(48)43(36(28)46)26-11-7-4-8-12-26)34(23-19-31(41)35(45)32(20-23)50-2)40(30,39(44)49)24-9-5-3-6-10-24/h3-17,19-20,28-30,33-34,42,45H,18,21H2,1-2H3/t28-,29+,30-,33-,34-,40+/m0/s1. The number of ether oxygens (including phenoxy) is 1. The number of fused-ring (bicyclic) bond motifs is 4. The van der Waals surface area contributed by atoms with Crippen molar-refractivity contribution < 1.29 is 29.0 Å². The summed E-state index contributed by atoms with van der Waals surface area (Å²) in [6, 6.07) is 29.3. The maximum atomic E-state index is 15.3. The van der Waals surface area contributed by atoms with Crippen LogP contribution in [0.4, 0.5) is 11.4 Å². The number of phenolic OH excluding ortho intramolecular Hbond substituents is 1. The van der Waals surface area contributed by atoms with Gasteiger partial charge in [0.1, 0.15) is 0 Å². The van der Waals surface area contributed by atoms with Crippen molar-refractivity contribution in [1.29, 1.82) is 0 Å². The number of aromatic hydroxyl groups is 1. The summed E-state index contributed by atoms with van der Waals surface area (Å²) in [5.74, 6) is -4.57. The molecule has 8 rings (SSSR count). The monoisotopic (exact) mass is 779 g/mol. The molecule has 2 saturated heterocycles. The largest absolute Gasteiger partial charge is 0.504 e. The highest BCUT2D eigenvalue weighted by Gasteiger charge is 2.70. The zero-order valence-electron chi connectivity index (χ0n) is 27.4. The third-order valence-corrected chi connectivity index (χ3v) is 11.8. The summed E-state index contributed by atoms with van der Waals surface area (Å²) in [6.45, 7) is 1.96. The molecule has 0 spiro atoms. The first-order chi connectivity index (χ1) is 24.2. The van der Waals surface area contributed by atoms with Crippen molar-refractivity contribution in [2.24, 2.45) is 23.7 Å². The van der Waals surface area contributed by atoms with Gasteiger partial charge in [0.15, 0.2) is 11.5 Å². The Labute approximate surface area is 303 Å². The van der Waals surface area contributed by atoms with Crippen LogP contribution in [0, 0.1) is 34.2 Å². The molecular weight excluding hydrogens is 745 g/mol. The van der Waals surface area contributed by atoms with E-state index in [2.05, 4.69) is 5.43 Å². The highest BCUT2D eigenvalue weighted by Crippen LogP contribution is 2.64. The molecule has 252 valence electrons. The minimum absolute atomic E-state index is 0.0289. The van der Waals surface area contributed by atoms with Crippen molar-refractivity contribution >= 4 is 57.6 Å². The van der Waals surface area contributed by atoms with Crippen LogP contribution in [0.1, 0.15) is 35.4 Å². The number of phenols is 1. The fraction of sp³-hybridized carbons (Fsp3) is 0.250. The zero-order chi connectivity index (χ0) is 34.9. The van der Waals surface area contributed by atoms with Crippen LogP contribution >= 0.6 is 22.6 Å². The van der Waals surface area contributed by atoms with E-state index in [1.54, 1.807) is 30.3 Å². The van der Waals surface area contributed by atoms with Crippen LogP contribution in [0.3, 0.4) is 0 Å². The van der Waals surface area contributed by atoms with Crippen LogP contribution in [0.2, 0.25) is 0 Å². The number of methoxy groups -OCH3 is 1. The Morgan fingerprint density at radius 1 is 0.860 bits per heavy atom. The van der Waals surface area contributed by atoms with Gasteiger partial charge >= 0.3 is 0 Å². The van der Waals surface area contributed by atoms with E-state index in [4.69, 9.17) is 4.74 Å². The van der Waals surface area contributed by atoms with Crippen molar-refractivity contribution in [2.75, 3.05) is 17.4 Å². The predicted molar refractivity (Wildman–Crippen MR) is 195 cm³/mol. The van der Waals surface area contributed by atoms with Crippen molar-refractivity contribution in [3.63, 3.8) is 0 Å². The second-order valence-corrected chi connectivity index (χ2v) is 14.7. The average Bonchev–Trinajstić information content (AvgIpc) is 3.51. The van der Waals surface area contributed by atoms with Gasteiger partial charge in [-0.25, -0.2) is 0 Å². The van der Waals surface area contributed by atoms with E-state index < -0.39 is 46.8 Å². The molecule has 0 bridgehead atoms. The highest BCUT2D eigenvalue weighted by atomic mass is 127. The first-order valence-electron chi connectivity index (χ1n) is 16.6. The van der Waals surface area contributed by atoms with E-state index >= 15 is 4.79 Å². The molecule has 0 aromatic heterocycles. The normalized spacial score (nSPS) is 27.1. The number of hydrogen-bond acceptors (Lipinski definition) is 7. The molecule has 2 aliphatic carbocycles. The quantitative estimate of drug-likeness (QED) is 0.130. The summed E-state index contributed by atoms with van der Waals surface area (Å²) in [5, 5.41) is 12.0. The Morgan fingerprint density at radius 3 is 2.22 bits per heavy atom. The highest BCUT2D eigenvalue weighted by molar-refractivity contribution is 14.1. The van der Waals surface area contributed by atoms with Gasteiger partial charge in [-0.15, -0.1) is 0 Å². The lowest BCUT2D eigenvalue weighted by Crippen LogP contribution is -2.53. The van der Waals surface area contributed by atoms with E-state index in [0.717, 1.165) is 16.1 Å². The third-order valence-electron chi connectivity index (χ3n) is 11.0. The topological polar surface area (TPSA) is 116 Å². The Hall–Kier alpha value is -4.97. The number of nitrogens with one attached hydrogen (secondary N) is 1. The van der Waals surface area contributed by atoms with Crippen molar-refractivity contribution in [1.82, 2.24) is 5.01 Å². The van der Waals surface area contributed by atoms with E-state index in [0.29, 0.717) is 32.5 Å². The summed E-state index contributed by atoms with van der Waals surface area (Å²) < 4.78 is 6.13. The fourth-order valence-electron chi connectivity index (χ4n) is 8.87. The maximum Gasteiger partial charge on any atom is 0.260 e. The number of aryl methyl sites for hydroxylation is 1. The number of halogens is 1. The number of hydrazine groups is 1. The van der Waals surface area contributed by atoms with Crippen molar-refractivity contribution in [3.05, 3.63) is 129 Å². The summed E-state index contributed by atoms with van der Waals surface area (Å²) in [7, 11) is 1.47. The number of benzene rings is 4. The van der Waals surface area contributed by atoms with E-state index in [1.807, 2.05) is 102 Å². The van der Waals surface area contributed by atoms with E-state index in [-0.39, 0.29) is 29.7 Å². The van der Waals surface area contributed by atoms with Crippen LogP contribution in [-0.2, 0) is 24.6 Å². The van der Waals surface area contributed by atoms with Crippen LogP contribution in [0.25, 0.3) is 0 Å². The fourth-order valence-corrected chi connectivity index (χ4v) is 9.50. The summed E-state index contributed by atoms with van der Waals surface area (Å²) >= 11 is 2.04. The lowest BCUT2D eigenvalue weighted by molar-refractivity contribution is -0.138. The lowest BCUT2D eigenvalue weighted by Gasteiger charge is -2.50. The second kappa shape index (κ2) is 12.1. The molecule has 1 saturated carbocycles. The van der Waals surface area contributed by atoms with Gasteiger partial charge in [0, 0.05) is 5.92 Å². The van der Waals surface area contributed by atoms with Crippen LogP contribution in [0.5, 0.6) is 11.5 Å². The van der Waals surface area contributed by atoms with Gasteiger partial charge in [-0.05, 0) is 95.8 Å². The molecule has 50 heavy (non-hydrogen) atoms. The molecule has 2 aliphatic heterocycles. The molecule has 2 heterocycles. The molecular formula is C40H34IN3O6. The van der Waals surface area contributed by atoms with Crippen LogP contribution in [-0.4, -0.2) is 40.9 Å². The van der Waals surface area contributed by atoms with Gasteiger partial charge in [0.25, 0.3) is 11.8 Å². The minimum atomic E-state index is -1.42. The number of carbonyl (C=O) groups is 4. The number of para-hydroxylation sites is 1. The number of allylic oxidation sites excluding steroid dienone is 2. The number of hydrogen-bond donors (Lipinski definition) is 2. The molecule has 10 heteroatoms. The predicted octanol–water partition coefficient (Wildman–Crippen LogP) is 6.50. The summed E-state index contributed by atoms with van der Waals surface area (Å²) in [5.41, 5.74) is 6.02. The number of imide groups is 2. The Bertz CT molecular complexity index is 2090. The number of carbonyl (C=O) groups excluding carboxylic acids is 4. The number of anilines is 2. The molecule has 4 amide bonds. The van der Waals surface area contributed by atoms with Crippen LogP contribution in [0.15, 0.2) is 109 Å². The second-order valence-electron chi connectivity index (χ2n) is 13.5. The number of amides is 4. The molecule has 6 atom stereocenters. The average molecular weight is 780 g/mol. The minimum Gasteiger partial charge on any atom is -0.504 e. The van der Waals surface area contributed by atoms with Crippen molar-refractivity contribution in [3.8, 4) is 11.5 Å². The lowest BCUT2D eigenvalue weighted by atomic mass is 9.49. The molecule has 9 nitrogen and oxygen atoms in total. The molecule has 0 radical (unpaired) electrons. The van der Waals surface area contributed by atoms with Crippen molar-refractivity contribution in [2.45, 2.75) is 31.1 Å². The Balaban J connectivity index is 1.35. The van der Waals surface area contributed by atoms with Gasteiger partial charge < -0.3 is 9.84 Å². The first-order valence-corrected chi connectivity index (χ1v) is 17.7. The Kier molecular flexibility index (Phi) is 7.81. The van der Waals surface area contributed by atoms with E-state index in [9.17, 15) is 19.5 Å². The van der Waals surface area contributed by atoms with Gasteiger partial charge in [-0.2, -0.15) is 5.01 Å². The smallest absolute Gasteiger partial charge is 0.260 e. The third kappa shape index (κ3) is 4.64. The summed E-state index contributed by atoms with van der Waals surface area (Å²) in [6.07, 6.45) is 2.54. The van der Waals surface area contributed by atoms with E-state index in [1.165, 1.54) is 12.0 Å². The number of nitrogens with zero attached hydrogens (tertiary/aromatic N) is 2. The molecule has 4 aromatic rings. The number of rotatable bonds is 6. The van der Waals surface area contributed by atoms with Crippen LogP contribution < -0.4 is 15.1 Å². The summed E-state index contributed by atoms with van der Waals surface area (Å²) in [4.78, 5) is 59.8. The first kappa shape index (κ1) is 32.2. The van der Waals surface area contributed by atoms with Gasteiger partial charge in [-0.1, -0.05) is 77.9 Å². The molecule has 4 aliphatic rings. The Morgan fingerprint density at radius 2 is 1.54 bits per heavy atom. The van der Waals surface area contributed by atoms with Gasteiger partial charge in [0.05, 0.1) is 45.2 Å². The SMILES string of the molecule is COc1cc([C@H]2C3=CC[C@@H]4C(=O)N(c5ccccc5)C(=O)[C@@H]4[C@@H]3C[C@H]3C(=O)N(Nc4ccc(C)cc4)C(=O)[C@@]23c2ccccc2)cc(I)c1O. The molecule has 2 N–H and O–H groups in total. The van der Waals surface area contributed by atoms with Gasteiger partial charge in [-0.3, -0.25) is 29.5 Å². The molecule has 4 aromatic carbocycles. The van der Waals surface area contributed by atoms with Gasteiger partial charge in [0.2, 0.25) is 11.8 Å².